The summed E-state index contributed by atoms with van der Waals surface area (Å²) in [5.74, 6) is -0.126. The lowest BCUT2D eigenvalue weighted by atomic mass is 10.2. The quantitative estimate of drug-likeness (QED) is 0.202. The third-order valence-corrected chi connectivity index (χ3v) is 4.07. The summed E-state index contributed by atoms with van der Waals surface area (Å²) in [6, 6.07) is 19.5. The van der Waals surface area contributed by atoms with E-state index in [9.17, 15) is 9.18 Å². The topological polar surface area (TPSA) is 71.9 Å². The molecule has 0 saturated carbocycles. The van der Waals surface area contributed by atoms with Gasteiger partial charge in [0.15, 0.2) is 16.6 Å². The van der Waals surface area contributed by atoms with E-state index in [1.54, 1.807) is 54.6 Å². The SMILES string of the molecule is COc1cc(C=NNC(=S)Nc2ccc(F)cc2)ccc1OC(=O)c1ccccc1. The van der Waals surface area contributed by atoms with Crippen LogP contribution in [-0.2, 0) is 0 Å². The maximum Gasteiger partial charge on any atom is 0.343 e. The van der Waals surface area contributed by atoms with Crippen molar-refractivity contribution < 1.29 is 18.7 Å². The van der Waals surface area contributed by atoms with Gasteiger partial charge in [0, 0.05) is 5.69 Å². The Hall–Kier alpha value is -3.78. The molecule has 0 fully saturated rings. The second kappa shape index (κ2) is 10.1. The molecule has 0 aromatic heterocycles. The van der Waals surface area contributed by atoms with E-state index < -0.39 is 5.97 Å². The molecule has 0 amide bonds. The number of carbonyl (C=O) groups excluding carboxylic acids is 1. The smallest absolute Gasteiger partial charge is 0.343 e. The molecular weight excluding hydrogens is 405 g/mol. The first-order chi connectivity index (χ1) is 14.5. The molecule has 6 nitrogen and oxygen atoms in total. The van der Waals surface area contributed by atoms with Crippen LogP contribution in [0.1, 0.15) is 15.9 Å². The fraction of sp³-hybridized carbons (Fsp3) is 0.0455. The molecular formula is C22H18FN3O3S. The highest BCUT2D eigenvalue weighted by Crippen LogP contribution is 2.28. The van der Waals surface area contributed by atoms with Crippen molar-refractivity contribution >= 4 is 35.2 Å². The van der Waals surface area contributed by atoms with Crippen molar-refractivity contribution in [3.05, 3.63) is 89.7 Å². The van der Waals surface area contributed by atoms with Crippen LogP contribution in [0.15, 0.2) is 77.9 Å². The lowest BCUT2D eigenvalue weighted by Gasteiger charge is -2.10. The van der Waals surface area contributed by atoms with Gasteiger partial charge in [0.1, 0.15) is 5.82 Å². The second-order valence-corrected chi connectivity index (χ2v) is 6.41. The van der Waals surface area contributed by atoms with Gasteiger partial charge < -0.3 is 14.8 Å². The molecule has 0 saturated heterocycles. The van der Waals surface area contributed by atoms with E-state index in [1.165, 1.54) is 25.5 Å². The van der Waals surface area contributed by atoms with E-state index in [0.717, 1.165) is 0 Å². The minimum absolute atomic E-state index is 0.248. The van der Waals surface area contributed by atoms with E-state index in [-0.39, 0.29) is 10.9 Å². The Labute approximate surface area is 178 Å². The number of halogens is 1. The minimum atomic E-state index is -0.478. The van der Waals surface area contributed by atoms with Crippen molar-refractivity contribution in [1.29, 1.82) is 0 Å². The van der Waals surface area contributed by atoms with Crippen LogP contribution in [0, 0.1) is 5.82 Å². The van der Waals surface area contributed by atoms with Crippen molar-refractivity contribution in [2.24, 2.45) is 5.10 Å². The van der Waals surface area contributed by atoms with Gasteiger partial charge in [-0.25, -0.2) is 9.18 Å². The lowest BCUT2D eigenvalue weighted by Crippen LogP contribution is -2.23. The van der Waals surface area contributed by atoms with Gasteiger partial charge in [-0.3, -0.25) is 5.43 Å². The first-order valence-electron chi connectivity index (χ1n) is 8.86. The molecule has 0 radical (unpaired) electrons. The fourth-order valence-electron chi connectivity index (χ4n) is 2.44. The van der Waals surface area contributed by atoms with Crippen LogP contribution in [-0.4, -0.2) is 24.4 Å². The summed E-state index contributed by atoms with van der Waals surface area (Å²) in [4.78, 5) is 12.2. The number of nitrogens with one attached hydrogen (secondary N) is 2. The molecule has 3 rings (SSSR count). The van der Waals surface area contributed by atoms with E-state index in [2.05, 4.69) is 15.8 Å². The number of methoxy groups -OCH3 is 1. The number of esters is 1. The van der Waals surface area contributed by atoms with Gasteiger partial charge in [-0.1, -0.05) is 18.2 Å². The van der Waals surface area contributed by atoms with Gasteiger partial charge in [0.05, 0.1) is 18.9 Å². The summed E-state index contributed by atoms with van der Waals surface area (Å²) in [7, 11) is 1.48. The molecule has 30 heavy (non-hydrogen) atoms. The van der Waals surface area contributed by atoms with Crippen molar-refractivity contribution in [3.8, 4) is 11.5 Å². The average Bonchev–Trinajstić information content (AvgIpc) is 2.77. The zero-order valence-corrected chi connectivity index (χ0v) is 16.8. The third-order valence-electron chi connectivity index (χ3n) is 3.88. The Morgan fingerprint density at radius 2 is 1.77 bits per heavy atom. The summed E-state index contributed by atoms with van der Waals surface area (Å²) in [5.41, 5.74) is 4.44. The molecule has 152 valence electrons. The normalized spacial score (nSPS) is 10.5. The molecule has 2 N–H and O–H groups in total. The van der Waals surface area contributed by atoms with E-state index in [4.69, 9.17) is 21.7 Å². The molecule has 0 spiro atoms. The Balaban J connectivity index is 1.60. The molecule has 0 atom stereocenters. The highest BCUT2D eigenvalue weighted by Gasteiger charge is 2.12. The molecule has 0 aliphatic heterocycles. The largest absolute Gasteiger partial charge is 0.493 e. The average molecular weight is 423 g/mol. The first kappa shape index (κ1) is 20.9. The predicted molar refractivity (Wildman–Crippen MR) is 118 cm³/mol. The Morgan fingerprint density at radius 1 is 1.03 bits per heavy atom. The Morgan fingerprint density at radius 3 is 2.47 bits per heavy atom. The number of carbonyl (C=O) groups is 1. The standard InChI is InChI=1S/C22H18FN3O3S/c1-28-20-13-15(7-12-19(20)29-21(27)16-5-3-2-4-6-16)14-24-26-22(30)25-18-10-8-17(23)9-11-18/h2-14H,1H3,(H2,25,26,30). The zero-order chi connectivity index (χ0) is 21.3. The molecule has 0 heterocycles. The van der Waals surface area contributed by atoms with Crippen molar-refractivity contribution in [2.75, 3.05) is 12.4 Å². The van der Waals surface area contributed by atoms with E-state index in [1.807, 2.05) is 6.07 Å². The number of hydrogen-bond donors (Lipinski definition) is 2. The summed E-state index contributed by atoms with van der Waals surface area (Å²) < 4.78 is 23.6. The van der Waals surface area contributed by atoms with Crippen LogP contribution in [0.25, 0.3) is 0 Å². The van der Waals surface area contributed by atoms with Crippen LogP contribution in [0.4, 0.5) is 10.1 Å². The Bertz CT molecular complexity index is 1060. The number of benzene rings is 3. The van der Waals surface area contributed by atoms with Gasteiger partial charge >= 0.3 is 5.97 Å². The van der Waals surface area contributed by atoms with Gasteiger partial charge in [0.2, 0.25) is 0 Å². The van der Waals surface area contributed by atoms with Gasteiger partial charge in [-0.2, -0.15) is 5.10 Å². The van der Waals surface area contributed by atoms with Crippen molar-refractivity contribution in [3.63, 3.8) is 0 Å². The van der Waals surface area contributed by atoms with Crippen LogP contribution < -0.4 is 20.2 Å². The van der Waals surface area contributed by atoms with E-state index in [0.29, 0.717) is 28.3 Å². The number of hydrazone groups is 1. The molecule has 0 bridgehead atoms. The molecule has 0 aliphatic carbocycles. The van der Waals surface area contributed by atoms with Crippen LogP contribution >= 0.6 is 12.2 Å². The summed E-state index contributed by atoms with van der Waals surface area (Å²) in [6.07, 6.45) is 1.53. The van der Waals surface area contributed by atoms with Gasteiger partial charge in [0.25, 0.3) is 0 Å². The van der Waals surface area contributed by atoms with Crippen molar-refractivity contribution in [2.45, 2.75) is 0 Å². The highest BCUT2D eigenvalue weighted by molar-refractivity contribution is 7.80. The van der Waals surface area contributed by atoms with Crippen molar-refractivity contribution in [1.82, 2.24) is 5.43 Å². The summed E-state index contributed by atoms with van der Waals surface area (Å²) in [6.45, 7) is 0. The van der Waals surface area contributed by atoms with E-state index >= 15 is 0 Å². The lowest BCUT2D eigenvalue weighted by molar-refractivity contribution is 0.0729. The number of hydrogen-bond acceptors (Lipinski definition) is 5. The first-order valence-corrected chi connectivity index (χ1v) is 9.27. The Kier molecular flexibility index (Phi) is 7.07. The number of nitrogens with zero attached hydrogens (tertiary/aromatic N) is 1. The van der Waals surface area contributed by atoms with Gasteiger partial charge in [-0.15, -0.1) is 0 Å². The summed E-state index contributed by atoms with van der Waals surface area (Å²) in [5, 5.41) is 7.18. The zero-order valence-electron chi connectivity index (χ0n) is 16.0. The highest BCUT2D eigenvalue weighted by atomic mass is 32.1. The number of rotatable bonds is 6. The minimum Gasteiger partial charge on any atom is -0.493 e. The molecule has 0 aliphatic rings. The predicted octanol–water partition coefficient (Wildman–Crippen LogP) is 4.37. The van der Waals surface area contributed by atoms with Crippen LogP contribution in [0.2, 0.25) is 0 Å². The monoisotopic (exact) mass is 423 g/mol. The maximum absolute atomic E-state index is 12.9. The number of ether oxygens (including phenoxy) is 2. The third kappa shape index (κ3) is 5.86. The second-order valence-electron chi connectivity index (χ2n) is 6.00. The molecule has 0 unspecified atom stereocenters. The molecule has 8 heteroatoms. The number of thiocarbonyl (C=S) groups is 1. The van der Waals surface area contributed by atoms with Crippen LogP contribution in [0.5, 0.6) is 11.5 Å². The number of anilines is 1. The molecule has 3 aromatic carbocycles. The van der Waals surface area contributed by atoms with Gasteiger partial charge in [-0.05, 0) is 72.4 Å². The summed E-state index contributed by atoms with van der Waals surface area (Å²) >= 11 is 5.14. The fourth-order valence-corrected chi connectivity index (χ4v) is 2.61. The maximum atomic E-state index is 12.9. The van der Waals surface area contributed by atoms with Crippen LogP contribution in [0.3, 0.4) is 0 Å². The molecule has 3 aromatic rings.